The maximum absolute atomic E-state index is 9.12. The fraction of sp³-hybridized carbons (Fsp3) is 0.571. The Morgan fingerprint density at radius 3 is 2.56 bits per heavy atom. The summed E-state index contributed by atoms with van der Waals surface area (Å²) in [6, 6.07) is 8.62. The van der Waals surface area contributed by atoms with Gasteiger partial charge in [-0.2, -0.15) is 0 Å². The lowest BCUT2D eigenvalue weighted by Gasteiger charge is -2.19. The molecule has 2 nitrogen and oxygen atoms in total. The molecule has 0 radical (unpaired) electrons. The summed E-state index contributed by atoms with van der Waals surface area (Å²) in [5.74, 6) is 0.479. The van der Waals surface area contributed by atoms with Crippen LogP contribution in [-0.4, -0.2) is 37.3 Å². The molecule has 0 aliphatic rings. The number of hydrogen-bond donors (Lipinski definition) is 1. The zero-order valence-electron chi connectivity index (χ0n) is 10.6. The fourth-order valence-electron chi connectivity index (χ4n) is 1.97. The van der Waals surface area contributed by atoms with Crippen LogP contribution in [0, 0.1) is 6.92 Å². The van der Waals surface area contributed by atoms with Gasteiger partial charge in [-0.25, -0.2) is 0 Å². The van der Waals surface area contributed by atoms with Crippen molar-refractivity contribution in [2.45, 2.75) is 25.7 Å². The molecule has 0 aliphatic carbocycles. The zero-order valence-corrected chi connectivity index (χ0v) is 10.6. The normalized spacial score (nSPS) is 13.1. The highest BCUT2D eigenvalue weighted by Gasteiger charge is 2.11. The van der Waals surface area contributed by atoms with E-state index in [1.165, 1.54) is 11.1 Å². The SMILES string of the molecule is Cc1cccc([C@@H](CCO)CCN(C)C)c1. The van der Waals surface area contributed by atoms with E-state index in [4.69, 9.17) is 5.11 Å². The fourth-order valence-corrected chi connectivity index (χ4v) is 1.97. The minimum absolute atomic E-state index is 0.270. The summed E-state index contributed by atoms with van der Waals surface area (Å²) < 4.78 is 0. The van der Waals surface area contributed by atoms with Crippen molar-refractivity contribution in [3.8, 4) is 0 Å². The Bertz CT molecular complexity index is 309. The molecule has 0 saturated carbocycles. The van der Waals surface area contributed by atoms with Gasteiger partial charge in [0.15, 0.2) is 0 Å². The third kappa shape index (κ3) is 4.33. The Balaban J connectivity index is 2.68. The van der Waals surface area contributed by atoms with Gasteiger partial charge in [0.1, 0.15) is 0 Å². The van der Waals surface area contributed by atoms with E-state index >= 15 is 0 Å². The maximum Gasteiger partial charge on any atom is 0.0436 e. The Labute approximate surface area is 98.9 Å². The highest BCUT2D eigenvalue weighted by molar-refractivity contribution is 5.25. The lowest BCUT2D eigenvalue weighted by molar-refractivity contribution is 0.266. The van der Waals surface area contributed by atoms with Crippen LogP contribution < -0.4 is 0 Å². The van der Waals surface area contributed by atoms with Crippen molar-refractivity contribution in [2.75, 3.05) is 27.2 Å². The topological polar surface area (TPSA) is 23.5 Å². The zero-order chi connectivity index (χ0) is 12.0. The maximum atomic E-state index is 9.12. The van der Waals surface area contributed by atoms with Crippen molar-refractivity contribution in [1.82, 2.24) is 4.90 Å². The van der Waals surface area contributed by atoms with Gasteiger partial charge in [0.25, 0.3) is 0 Å². The average Bonchev–Trinajstić information content (AvgIpc) is 2.24. The van der Waals surface area contributed by atoms with Crippen LogP contribution in [0.15, 0.2) is 24.3 Å². The Hall–Kier alpha value is -0.860. The molecule has 0 aromatic heterocycles. The molecule has 0 fully saturated rings. The molecule has 0 aliphatic heterocycles. The van der Waals surface area contributed by atoms with Gasteiger partial charge in [0.05, 0.1) is 0 Å². The van der Waals surface area contributed by atoms with Crippen LogP contribution in [0.4, 0.5) is 0 Å². The first-order valence-electron chi connectivity index (χ1n) is 5.95. The summed E-state index contributed by atoms with van der Waals surface area (Å²) in [6.07, 6.45) is 1.97. The van der Waals surface area contributed by atoms with E-state index in [0.717, 1.165) is 19.4 Å². The third-order valence-electron chi connectivity index (χ3n) is 2.92. The predicted molar refractivity (Wildman–Crippen MR) is 68.8 cm³/mol. The second-order valence-electron chi connectivity index (χ2n) is 4.72. The second kappa shape index (κ2) is 6.66. The largest absolute Gasteiger partial charge is 0.396 e. The summed E-state index contributed by atoms with van der Waals surface area (Å²) >= 11 is 0. The average molecular weight is 221 g/mol. The smallest absolute Gasteiger partial charge is 0.0436 e. The van der Waals surface area contributed by atoms with Gasteiger partial charge in [-0.3, -0.25) is 0 Å². The van der Waals surface area contributed by atoms with Crippen LogP contribution in [0.3, 0.4) is 0 Å². The van der Waals surface area contributed by atoms with Crippen LogP contribution in [0.25, 0.3) is 0 Å². The van der Waals surface area contributed by atoms with Crippen molar-refractivity contribution in [1.29, 1.82) is 0 Å². The van der Waals surface area contributed by atoms with Gasteiger partial charge >= 0.3 is 0 Å². The Morgan fingerprint density at radius 2 is 2.00 bits per heavy atom. The lowest BCUT2D eigenvalue weighted by Crippen LogP contribution is -2.16. The number of aliphatic hydroxyl groups excluding tert-OH is 1. The molecule has 0 saturated heterocycles. The van der Waals surface area contributed by atoms with Gasteiger partial charge in [-0.15, -0.1) is 0 Å². The highest BCUT2D eigenvalue weighted by Crippen LogP contribution is 2.24. The van der Waals surface area contributed by atoms with Gasteiger partial charge in [0, 0.05) is 6.61 Å². The number of benzene rings is 1. The van der Waals surface area contributed by atoms with Crippen molar-refractivity contribution < 1.29 is 5.11 Å². The molecule has 0 spiro atoms. The first kappa shape index (κ1) is 13.2. The Kier molecular flexibility index (Phi) is 5.50. The summed E-state index contributed by atoms with van der Waals surface area (Å²) in [6.45, 7) is 3.45. The quantitative estimate of drug-likeness (QED) is 0.797. The number of aryl methyl sites for hydroxylation is 1. The molecular formula is C14H23NO. The molecule has 0 amide bonds. The molecule has 16 heavy (non-hydrogen) atoms. The molecule has 2 heteroatoms. The molecular weight excluding hydrogens is 198 g/mol. The number of rotatable bonds is 6. The number of aliphatic hydroxyl groups is 1. The van der Waals surface area contributed by atoms with E-state index in [1.54, 1.807) is 0 Å². The van der Waals surface area contributed by atoms with Crippen LogP contribution >= 0.6 is 0 Å². The van der Waals surface area contributed by atoms with E-state index in [1.807, 2.05) is 0 Å². The van der Waals surface area contributed by atoms with Crippen molar-refractivity contribution >= 4 is 0 Å². The monoisotopic (exact) mass is 221 g/mol. The molecule has 1 N–H and O–H groups in total. The summed E-state index contributed by atoms with van der Waals surface area (Å²) in [7, 11) is 4.18. The van der Waals surface area contributed by atoms with Gasteiger partial charge in [-0.1, -0.05) is 29.8 Å². The van der Waals surface area contributed by atoms with Crippen LogP contribution in [0.5, 0.6) is 0 Å². The van der Waals surface area contributed by atoms with Crippen molar-refractivity contribution in [3.05, 3.63) is 35.4 Å². The second-order valence-corrected chi connectivity index (χ2v) is 4.72. The van der Waals surface area contributed by atoms with E-state index in [2.05, 4.69) is 50.2 Å². The van der Waals surface area contributed by atoms with Crippen molar-refractivity contribution in [2.24, 2.45) is 0 Å². The summed E-state index contributed by atoms with van der Waals surface area (Å²) in [5.41, 5.74) is 2.65. The number of hydrogen-bond acceptors (Lipinski definition) is 2. The van der Waals surface area contributed by atoms with Crippen molar-refractivity contribution in [3.63, 3.8) is 0 Å². The molecule has 0 unspecified atom stereocenters. The van der Waals surface area contributed by atoms with Crippen LogP contribution in [-0.2, 0) is 0 Å². The molecule has 90 valence electrons. The van der Waals surface area contributed by atoms with Gasteiger partial charge in [0.2, 0.25) is 0 Å². The van der Waals surface area contributed by atoms with Crippen LogP contribution in [0.2, 0.25) is 0 Å². The molecule has 1 aromatic carbocycles. The van der Waals surface area contributed by atoms with Crippen LogP contribution in [0.1, 0.15) is 29.9 Å². The first-order valence-corrected chi connectivity index (χ1v) is 5.95. The van der Waals surface area contributed by atoms with Gasteiger partial charge in [-0.05, 0) is 51.9 Å². The van der Waals surface area contributed by atoms with E-state index in [0.29, 0.717) is 5.92 Å². The predicted octanol–water partition coefficient (Wildman–Crippen LogP) is 2.41. The Morgan fingerprint density at radius 1 is 1.25 bits per heavy atom. The highest BCUT2D eigenvalue weighted by atomic mass is 16.3. The molecule has 0 bridgehead atoms. The number of nitrogens with zero attached hydrogens (tertiary/aromatic N) is 1. The molecule has 1 rings (SSSR count). The molecule has 1 aromatic rings. The molecule has 1 atom stereocenters. The third-order valence-corrected chi connectivity index (χ3v) is 2.92. The summed E-state index contributed by atoms with van der Waals surface area (Å²) in [5, 5.41) is 9.12. The van der Waals surface area contributed by atoms with E-state index < -0.39 is 0 Å². The summed E-state index contributed by atoms with van der Waals surface area (Å²) in [4.78, 5) is 2.19. The van der Waals surface area contributed by atoms with E-state index in [-0.39, 0.29) is 6.61 Å². The first-order chi connectivity index (χ1) is 7.63. The van der Waals surface area contributed by atoms with Gasteiger partial charge < -0.3 is 10.0 Å². The van der Waals surface area contributed by atoms with E-state index in [9.17, 15) is 0 Å². The minimum Gasteiger partial charge on any atom is -0.396 e. The standard InChI is InChI=1S/C14H23NO/c1-12-5-4-6-14(11-12)13(8-10-16)7-9-15(2)3/h4-6,11,13,16H,7-10H2,1-3H3/t13-/m1/s1. The molecule has 0 heterocycles. The lowest BCUT2D eigenvalue weighted by atomic mass is 9.91. The minimum atomic E-state index is 0.270.